The molecule has 2 aromatic rings. The molecule has 0 aliphatic heterocycles. The number of hydrogen-bond donors (Lipinski definition) is 2. The fraction of sp³-hybridized carbons (Fsp3) is 0.214. The van der Waals surface area contributed by atoms with Crippen molar-refractivity contribution in [3.05, 3.63) is 59.9 Å². The summed E-state index contributed by atoms with van der Waals surface area (Å²) >= 11 is 0. The van der Waals surface area contributed by atoms with Crippen LogP contribution in [0.3, 0.4) is 0 Å². The highest BCUT2D eigenvalue weighted by Gasteiger charge is 2.10. The molecule has 1 heterocycles. The molecule has 1 aromatic heterocycles. The van der Waals surface area contributed by atoms with Crippen molar-refractivity contribution in [3.8, 4) is 5.75 Å². The zero-order valence-electron chi connectivity index (χ0n) is 10.9. The molecule has 0 aliphatic carbocycles. The number of sulfonamides is 1. The molecule has 0 amide bonds. The van der Waals surface area contributed by atoms with Gasteiger partial charge >= 0.3 is 0 Å². The molecule has 1 aromatic carbocycles. The van der Waals surface area contributed by atoms with Crippen LogP contribution in [0.2, 0.25) is 0 Å². The molecule has 0 unspecified atom stereocenters. The molecule has 0 atom stereocenters. The molecule has 106 valence electrons. The third-order valence-electron chi connectivity index (χ3n) is 2.76. The summed E-state index contributed by atoms with van der Waals surface area (Å²) in [6, 6.07) is 11.9. The van der Waals surface area contributed by atoms with Crippen LogP contribution in [0.25, 0.3) is 0 Å². The van der Waals surface area contributed by atoms with Crippen LogP contribution in [0.5, 0.6) is 5.75 Å². The van der Waals surface area contributed by atoms with Crippen LogP contribution in [0.15, 0.2) is 48.7 Å². The quantitative estimate of drug-likeness (QED) is 0.844. The summed E-state index contributed by atoms with van der Waals surface area (Å²) in [6.07, 6.45) is 2.01. The zero-order chi connectivity index (χ0) is 14.4. The van der Waals surface area contributed by atoms with Gasteiger partial charge in [-0.25, -0.2) is 13.1 Å². The summed E-state index contributed by atoms with van der Waals surface area (Å²) in [7, 11) is -3.36. The minimum atomic E-state index is -3.36. The van der Waals surface area contributed by atoms with Crippen LogP contribution < -0.4 is 4.72 Å². The number of rotatable bonds is 6. The lowest BCUT2D eigenvalue weighted by molar-refractivity contribution is 0.474. The minimum Gasteiger partial charge on any atom is -0.508 e. The number of nitrogens with zero attached hydrogens (tertiary/aromatic N) is 1. The van der Waals surface area contributed by atoms with Crippen LogP contribution >= 0.6 is 0 Å². The molecule has 5 nitrogen and oxygen atoms in total. The lowest BCUT2D eigenvalue weighted by Gasteiger charge is -2.07. The van der Waals surface area contributed by atoms with Gasteiger partial charge in [0.15, 0.2) is 0 Å². The Balaban J connectivity index is 1.88. The molecule has 2 N–H and O–H groups in total. The first-order valence-corrected chi connectivity index (χ1v) is 7.85. The molecule has 0 saturated heterocycles. The largest absolute Gasteiger partial charge is 0.508 e. The number of aryl methyl sites for hydroxylation is 1. The number of aromatic nitrogens is 1. The van der Waals surface area contributed by atoms with Crippen LogP contribution in [0, 0.1) is 0 Å². The van der Waals surface area contributed by atoms with Crippen LogP contribution in [0.4, 0.5) is 0 Å². The van der Waals surface area contributed by atoms with Crippen molar-refractivity contribution in [2.45, 2.75) is 13.0 Å². The Hall–Kier alpha value is -1.92. The summed E-state index contributed by atoms with van der Waals surface area (Å²) in [4.78, 5) is 4.09. The third-order valence-corrected chi connectivity index (χ3v) is 4.09. The van der Waals surface area contributed by atoms with E-state index in [1.807, 2.05) is 6.07 Å². The average Bonchev–Trinajstić information content (AvgIpc) is 2.45. The van der Waals surface area contributed by atoms with Gasteiger partial charge in [-0.1, -0.05) is 18.2 Å². The average molecular weight is 292 g/mol. The molecular formula is C14H16N2O3S. The van der Waals surface area contributed by atoms with Crippen molar-refractivity contribution in [2.24, 2.45) is 0 Å². The van der Waals surface area contributed by atoms with E-state index in [0.717, 1.165) is 5.69 Å². The van der Waals surface area contributed by atoms with Crippen molar-refractivity contribution >= 4 is 10.0 Å². The van der Waals surface area contributed by atoms with E-state index in [9.17, 15) is 13.5 Å². The van der Waals surface area contributed by atoms with Gasteiger partial charge in [0, 0.05) is 24.9 Å². The first-order chi connectivity index (χ1) is 9.55. The highest BCUT2D eigenvalue weighted by Crippen LogP contribution is 2.10. The van der Waals surface area contributed by atoms with Gasteiger partial charge in [0.1, 0.15) is 5.75 Å². The second-order valence-corrected chi connectivity index (χ2v) is 6.31. The van der Waals surface area contributed by atoms with Gasteiger partial charge in [-0.2, -0.15) is 0 Å². The zero-order valence-corrected chi connectivity index (χ0v) is 11.7. The third kappa shape index (κ3) is 4.64. The number of nitrogens with one attached hydrogen (secondary N) is 1. The molecule has 0 aliphatic rings. The maximum Gasteiger partial charge on any atom is 0.212 e. The summed E-state index contributed by atoms with van der Waals surface area (Å²) in [5, 5.41) is 9.31. The van der Waals surface area contributed by atoms with Crippen molar-refractivity contribution in [2.75, 3.05) is 5.75 Å². The van der Waals surface area contributed by atoms with Crippen LogP contribution in [0.1, 0.15) is 11.3 Å². The van der Waals surface area contributed by atoms with Gasteiger partial charge in [0.25, 0.3) is 0 Å². The van der Waals surface area contributed by atoms with E-state index >= 15 is 0 Å². The van der Waals surface area contributed by atoms with E-state index < -0.39 is 10.0 Å². The maximum absolute atomic E-state index is 11.9. The van der Waals surface area contributed by atoms with Gasteiger partial charge in [0.05, 0.1) is 5.75 Å². The minimum absolute atomic E-state index is 0.0111. The van der Waals surface area contributed by atoms with Crippen molar-refractivity contribution in [1.29, 1.82) is 0 Å². The van der Waals surface area contributed by atoms with Crippen molar-refractivity contribution < 1.29 is 13.5 Å². The number of phenolic OH excluding ortho intramolecular Hbond substituents is 1. The number of pyridine rings is 1. The number of phenols is 1. The number of hydrogen-bond acceptors (Lipinski definition) is 4. The highest BCUT2D eigenvalue weighted by molar-refractivity contribution is 7.89. The van der Waals surface area contributed by atoms with Gasteiger partial charge in [0.2, 0.25) is 10.0 Å². The molecule has 2 rings (SSSR count). The Morgan fingerprint density at radius 1 is 1.15 bits per heavy atom. The van der Waals surface area contributed by atoms with E-state index in [2.05, 4.69) is 9.71 Å². The van der Waals surface area contributed by atoms with E-state index in [4.69, 9.17) is 0 Å². The smallest absolute Gasteiger partial charge is 0.212 e. The standard InChI is InChI=1S/C14H16N2O3S/c17-14-6-3-4-12(10-14)11-16-20(18,19)9-7-13-5-1-2-8-15-13/h1-6,8,10,16-17H,7,9,11H2. The summed E-state index contributed by atoms with van der Waals surface area (Å²) in [5.41, 5.74) is 1.46. The first-order valence-electron chi connectivity index (χ1n) is 6.20. The molecule has 0 fully saturated rings. The summed E-state index contributed by atoms with van der Waals surface area (Å²) in [6.45, 7) is 0.166. The molecule has 6 heteroatoms. The number of benzene rings is 1. The van der Waals surface area contributed by atoms with Crippen molar-refractivity contribution in [1.82, 2.24) is 9.71 Å². The Kier molecular flexibility index (Phi) is 4.70. The Labute approximate surface area is 118 Å². The van der Waals surface area contributed by atoms with E-state index in [1.165, 1.54) is 6.07 Å². The molecule has 20 heavy (non-hydrogen) atoms. The first kappa shape index (κ1) is 14.5. The molecule has 0 bridgehead atoms. The van der Waals surface area contributed by atoms with Gasteiger partial charge in [-0.05, 0) is 29.8 Å². The fourth-order valence-corrected chi connectivity index (χ4v) is 2.73. The Morgan fingerprint density at radius 3 is 2.70 bits per heavy atom. The second kappa shape index (κ2) is 6.49. The molecular weight excluding hydrogens is 276 g/mol. The predicted octanol–water partition coefficient (Wildman–Crippen LogP) is 1.45. The van der Waals surface area contributed by atoms with Crippen LogP contribution in [-0.4, -0.2) is 24.3 Å². The SMILES string of the molecule is O=S(=O)(CCc1ccccn1)NCc1cccc(O)c1. The van der Waals surface area contributed by atoms with E-state index in [0.29, 0.717) is 12.0 Å². The molecule has 0 spiro atoms. The molecule has 0 saturated carbocycles. The van der Waals surface area contributed by atoms with E-state index in [-0.39, 0.29) is 18.0 Å². The Morgan fingerprint density at radius 2 is 2.00 bits per heavy atom. The Bertz CT molecular complexity index is 657. The number of aromatic hydroxyl groups is 1. The lowest BCUT2D eigenvalue weighted by atomic mass is 10.2. The van der Waals surface area contributed by atoms with Gasteiger partial charge in [-0.15, -0.1) is 0 Å². The van der Waals surface area contributed by atoms with Gasteiger partial charge < -0.3 is 5.11 Å². The van der Waals surface area contributed by atoms with Crippen LogP contribution in [-0.2, 0) is 23.0 Å². The topological polar surface area (TPSA) is 79.3 Å². The van der Waals surface area contributed by atoms with E-state index in [1.54, 1.807) is 36.5 Å². The lowest BCUT2D eigenvalue weighted by Crippen LogP contribution is -2.27. The maximum atomic E-state index is 11.9. The summed E-state index contributed by atoms with van der Waals surface area (Å²) in [5.74, 6) is 0.109. The normalized spacial score (nSPS) is 11.4. The van der Waals surface area contributed by atoms with Gasteiger partial charge in [-0.3, -0.25) is 4.98 Å². The molecule has 0 radical (unpaired) electrons. The fourth-order valence-electron chi connectivity index (χ4n) is 1.72. The predicted molar refractivity (Wildman–Crippen MR) is 76.7 cm³/mol. The summed E-state index contributed by atoms with van der Waals surface area (Å²) < 4.78 is 26.2. The monoisotopic (exact) mass is 292 g/mol. The highest BCUT2D eigenvalue weighted by atomic mass is 32.2. The second-order valence-electron chi connectivity index (χ2n) is 4.38. The van der Waals surface area contributed by atoms with Crippen molar-refractivity contribution in [3.63, 3.8) is 0 Å².